The summed E-state index contributed by atoms with van der Waals surface area (Å²) in [4.78, 5) is 6.92. The van der Waals surface area contributed by atoms with E-state index in [1.807, 2.05) is 0 Å². The summed E-state index contributed by atoms with van der Waals surface area (Å²) in [5.41, 5.74) is 5.93. The maximum atomic E-state index is 5.93. The van der Waals surface area contributed by atoms with Gasteiger partial charge >= 0.3 is 0 Å². The number of unbranched alkanes of at least 4 members (excludes halogenated alkanes) is 1. The first-order valence-corrected chi connectivity index (χ1v) is 8.60. The van der Waals surface area contributed by atoms with Crippen molar-refractivity contribution < 1.29 is 4.74 Å². The summed E-state index contributed by atoms with van der Waals surface area (Å²) < 4.78 is 5.34. The van der Waals surface area contributed by atoms with Crippen LogP contribution in [0.4, 0.5) is 0 Å². The molecule has 1 unspecified atom stereocenters. The zero-order valence-corrected chi connectivity index (χ0v) is 16.7. The molecule has 1 atom stereocenters. The molecule has 0 radical (unpaired) electrons. The van der Waals surface area contributed by atoms with Crippen molar-refractivity contribution in [3.8, 4) is 0 Å². The summed E-state index contributed by atoms with van der Waals surface area (Å²) in [5.74, 6) is 1.28. The number of nitrogens with two attached hydrogens (primary N) is 1. The van der Waals surface area contributed by atoms with Gasteiger partial charge in [-0.15, -0.1) is 24.0 Å². The van der Waals surface area contributed by atoms with Gasteiger partial charge in [0.2, 0.25) is 0 Å². The Labute approximate surface area is 153 Å². The molecular formula is C16H35IN4O. The Kier molecular flexibility index (Phi) is 14.5. The van der Waals surface area contributed by atoms with E-state index in [2.05, 4.69) is 29.1 Å². The minimum atomic E-state index is 0. The van der Waals surface area contributed by atoms with Crippen LogP contribution in [0.15, 0.2) is 4.99 Å². The number of guanidine groups is 1. The van der Waals surface area contributed by atoms with E-state index in [0.29, 0.717) is 11.9 Å². The second kappa shape index (κ2) is 14.5. The molecule has 0 saturated carbocycles. The largest absolute Gasteiger partial charge is 0.379 e. The van der Waals surface area contributed by atoms with Crippen molar-refractivity contribution >= 4 is 29.9 Å². The molecule has 0 aliphatic carbocycles. The molecule has 5 nitrogen and oxygen atoms in total. The molecule has 1 rings (SSSR count). The first-order chi connectivity index (χ1) is 10.3. The van der Waals surface area contributed by atoms with E-state index in [9.17, 15) is 0 Å². The van der Waals surface area contributed by atoms with Crippen LogP contribution < -0.4 is 11.1 Å². The highest BCUT2D eigenvalue weighted by Crippen LogP contribution is 2.12. The second-order valence-electron chi connectivity index (χ2n) is 5.88. The van der Waals surface area contributed by atoms with Crippen molar-refractivity contribution in [2.45, 2.75) is 46.0 Å². The molecule has 0 spiro atoms. The highest BCUT2D eigenvalue weighted by molar-refractivity contribution is 14.0. The Morgan fingerprint density at radius 2 is 2.00 bits per heavy atom. The number of rotatable bonds is 10. The van der Waals surface area contributed by atoms with E-state index in [1.54, 1.807) is 0 Å². The van der Waals surface area contributed by atoms with Gasteiger partial charge in [-0.05, 0) is 25.3 Å². The van der Waals surface area contributed by atoms with Gasteiger partial charge in [0.1, 0.15) is 0 Å². The third-order valence-corrected chi connectivity index (χ3v) is 4.12. The molecular weight excluding hydrogens is 391 g/mol. The van der Waals surface area contributed by atoms with E-state index in [0.717, 1.165) is 52.4 Å². The van der Waals surface area contributed by atoms with E-state index >= 15 is 0 Å². The van der Waals surface area contributed by atoms with Crippen LogP contribution >= 0.6 is 24.0 Å². The fourth-order valence-electron chi connectivity index (χ4n) is 2.54. The number of halogens is 1. The van der Waals surface area contributed by atoms with Crippen molar-refractivity contribution in [3.63, 3.8) is 0 Å². The Hall–Kier alpha value is -0.0800. The molecule has 1 aliphatic heterocycles. The molecule has 0 amide bonds. The van der Waals surface area contributed by atoms with Crippen LogP contribution in [0.2, 0.25) is 0 Å². The summed E-state index contributed by atoms with van der Waals surface area (Å²) in [6.07, 6.45) is 6.11. The van der Waals surface area contributed by atoms with Crippen LogP contribution in [0.25, 0.3) is 0 Å². The van der Waals surface area contributed by atoms with Crippen LogP contribution in [0.3, 0.4) is 0 Å². The molecule has 3 N–H and O–H groups in total. The Bertz CT molecular complexity index is 283. The van der Waals surface area contributed by atoms with Gasteiger partial charge in [0, 0.05) is 26.2 Å². The van der Waals surface area contributed by atoms with Gasteiger partial charge in [0.05, 0.1) is 13.2 Å². The first-order valence-electron chi connectivity index (χ1n) is 8.60. The van der Waals surface area contributed by atoms with Crippen LogP contribution in [-0.4, -0.2) is 56.8 Å². The molecule has 0 bridgehead atoms. The summed E-state index contributed by atoms with van der Waals surface area (Å²) in [6, 6.07) is 0. The molecule has 6 heteroatoms. The quantitative estimate of drug-likeness (QED) is 0.244. The number of aliphatic imine (C=N–C) groups is 1. The monoisotopic (exact) mass is 426 g/mol. The molecule has 1 saturated heterocycles. The van der Waals surface area contributed by atoms with Crippen molar-refractivity contribution in [3.05, 3.63) is 0 Å². The van der Waals surface area contributed by atoms with Gasteiger partial charge < -0.3 is 15.8 Å². The predicted octanol–water partition coefficient (Wildman–Crippen LogP) is 2.45. The number of ether oxygens (including phenoxy) is 1. The van der Waals surface area contributed by atoms with E-state index in [-0.39, 0.29) is 24.0 Å². The lowest BCUT2D eigenvalue weighted by Gasteiger charge is -2.26. The van der Waals surface area contributed by atoms with E-state index < -0.39 is 0 Å². The normalized spacial score (nSPS) is 17.8. The Morgan fingerprint density at radius 3 is 2.64 bits per heavy atom. The number of hydrogen-bond acceptors (Lipinski definition) is 3. The summed E-state index contributed by atoms with van der Waals surface area (Å²) in [7, 11) is 0. The summed E-state index contributed by atoms with van der Waals surface area (Å²) in [6.45, 7) is 11.2. The molecule has 1 heterocycles. The predicted molar refractivity (Wildman–Crippen MR) is 105 cm³/mol. The molecule has 22 heavy (non-hydrogen) atoms. The molecule has 1 fully saturated rings. The highest BCUT2D eigenvalue weighted by atomic mass is 127. The average Bonchev–Trinajstić information content (AvgIpc) is 2.53. The van der Waals surface area contributed by atoms with Gasteiger partial charge in [-0.1, -0.05) is 33.1 Å². The molecule has 132 valence electrons. The van der Waals surface area contributed by atoms with Crippen molar-refractivity contribution in [1.29, 1.82) is 0 Å². The van der Waals surface area contributed by atoms with Crippen molar-refractivity contribution in [2.24, 2.45) is 16.6 Å². The Morgan fingerprint density at radius 1 is 1.27 bits per heavy atom. The first kappa shape index (κ1) is 21.9. The lowest BCUT2D eigenvalue weighted by molar-refractivity contribution is 0.0376. The van der Waals surface area contributed by atoms with E-state index in [1.165, 1.54) is 25.7 Å². The van der Waals surface area contributed by atoms with Gasteiger partial charge in [0.25, 0.3) is 0 Å². The summed E-state index contributed by atoms with van der Waals surface area (Å²) in [5, 5.41) is 3.23. The Balaban J connectivity index is 0.00000441. The SMILES string of the molecule is CCCCC(CC)CN=C(N)NCCCN1CCOCC1.I. The van der Waals surface area contributed by atoms with Gasteiger partial charge in [-0.3, -0.25) is 9.89 Å². The minimum absolute atomic E-state index is 0. The number of nitrogens with zero attached hydrogens (tertiary/aromatic N) is 2. The molecule has 1 aliphatic rings. The van der Waals surface area contributed by atoms with Crippen molar-refractivity contribution in [1.82, 2.24) is 10.2 Å². The van der Waals surface area contributed by atoms with Gasteiger partial charge in [-0.25, -0.2) is 0 Å². The zero-order chi connectivity index (χ0) is 15.3. The smallest absolute Gasteiger partial charge is 0.188 e. The third kappa shape index (κ3) is 10.6. The van der Waals surface area contributed by atoms with E-state index in [4.69, 9.17) is 10.5 Å². The molecule has 0 aromatic carbocycles. The molecule has 0 aromatic rings. The maximum absolute atomic E-state index is 5.93. The zero-order valence-electron chi connectivity index (χ0n) is 14.4. The van der Waals surface area contributed by atoms with Gasteiger partial charge in [-0.2, -0.15) is 0 Å². The topological polar surface area (TPSA) is 62.9 Å². The second-order valence-corrected chi connectivity index (χ2v) is 5.88. The third-order valence-electron chi connectivity index (χ3n) is 4.12. The van der Waals surface area contributed by atoms with Crippen LogP contribution in [-0.2, 0) is 4.74 Å². The van der Waals surface area contributed by atoms with Crippen LogP contribution in [0.5, 0.6) is 0 Å². The lowest BCUT2D eigenvalue weighted by Crippen LogP contribution is -2.39. The maximum Gasteiger partial charge on any atom is 0.188 e. The fourth-order valence-corrected chi connectivity index (χ4v) is 2.54. The molecule has 0 aromatic heterocycles. The lowest BCUT2D eigenvalue weighted by atomic mass is 10.00. The fraction of sp³-hybridized carbons (Fsp3) is 0.938. The number of nitrogens with one attached hydrogen (secondary N) is 1. The van der Waals surface area contributed by atoms with Crippen LogP contribution in [0.1, 0.15) is 46.0 Å². The standard InChI is InChI=1S/C16H34N4O.HI/c1-3-5-7-15(4-2)14-19-16(17)18-8-6-9-20-10-12-21-13-11-20;/h15H,3-14H2,1-2H3,(H3,17,18,19);1H. The van der Waals surface area contributed by atoms with Gasteiger partial charge in [0.15, 0.2) is 5.96 Å². The average molecular weight is 426 g/mol. The van der Waals surface area contributed by atoms with Crippen molar-refractivity contribution in [2.75, 3.05) is 45.9 Å². The van der Waals surface area contributed by atoms with Crippen LogP contribution in [0, 0.1) is 5.92 Å². The number of morpholine rings is 1. The highest BCUT2D eigenvalue weighted by Gasteiger charge is 2.09. The number of hydrogen-bond donors (Lipinski definition) is 2. The summed E-state index contributed by atoms with van der Waals surface area (Å²) >= 11 is 0. The minimum Gasteiger partial charge on any atom is -0.379 e.